The van der Waals surface area contributed by atoms with Crippen LogP contribution in [0.15, 0.2) is 5.10 Å². The van der Waals surface area contributed by atoms with Gasteiger partial charge in [-0.05, 0) is 26.8 Å². The summed E-state index contributed by atoms with van der Waals surface area (Å²) in [5.41, 5.74) is 4.52. The van der Waals surface area contributed by atoms with Crippen LogP contribution in [0.2, 0.25) is 0 Å². The van der Waals surface area contributed by atoms with Crippen molar-refractivity contribution in [3.8, 4) is 0 Å². The van der Waals surface area contributed by atoms with Gasteiger partial charge in [0.05, 0.1) is 5.71 Å². The number of likely N-dealkylation sites (tertiary alicyclic amines) is 1. The molecule has 2 rings (SSSR count). The van der Waals surface area contributed by atoms with Gasteiger partial charge < -0.3 is 5.43 Å². The van der Waals surface area contributed by atoms with E-state index in [-0.39, 0.29) is 0 Å². The standard InChI is InChI=1S/C9H17N3/c1-7-5-9(6-12(7)2)11-10-8-3-4-8/h7-8,10H,3-6H2,1-2H3/b11-9+. The van der Waals surface area contributed by atoms with Gasteiger partial charge in [-0.2, -0.15) is 5.10 Å². The molecule has 1 saturated heterocycles. The lowest BCUT2D eigenvalue weighted by atomic mass is 10.2. The molecule has 68 valence electrons. The van der Waals surface area contributed by atoms with Crippen LogP contribution in [0.4, 0.5) is 0 Å². The van der Waals surface area contributed by atoms with Crippen molar-refractivity contribution in [2.75, 3.05) is 13.6 Å². The number of hydrogen-bond acceptors (Lipinski definition) is 3. The maximum atomic E-state index is 4.41. The summed E-state index contributed by atoms with van der Waals surface area (Å²) in [6, 6.07) is 1.36. The molecular formula is C9H17N3. The van der Waals surface area contributed by atoms with E-state index in [1.165, 1.54) is 18.6 Å². The molecule has 1 unspecified atom stereocenters. The lowest BCUT2D eigenvalue weighted by Crippen LogP contribution is -2.21. The highest BCUT2D eigenvalue weighted by Gasteiger charge is 2.24. The minimum Gasteiger partial charge on any atom is -0.307 e. The van der Waals surface area contributed by atoms with Gasteiger partial charge in [0.15, 0.2) is 0 Å². The second-order valence-corrected chi connectivity index (χ2v) is 4.05. The summed E-state index contributed by atoms with van der Waals surface area (Å²) in [4.78, 5) is 2.34. The Labute approximate surface area is 73.8 Å². The molecule has 3 heteroatoms. The third kappa shape index (κ3) is 1.78. The summed E-state index contributed by atoms with van der Waals surface area (Å²) < 4.78 is 0. The largest absolute Gasteiger partial charge is 0.307 e. The van der Waals surface area contributed by atoms with Crippen molar-refractivity contribution in [1.29, 1.82) is 0 Å². The minimum atomic E-state index is 0.671. The summed E-state index contributed by atoms with van der Waals surface area (Å²) in [5.74, 6) is 0. The van der Waals surface area contributed by atoms with E-state index in [2.05, 4.69) is 29.4 Å². The Morgan fingerprint density at radius 3 is 2.75 bits per heavy atom. The summed E-state index contributed by atoms with van der Waals surface area (Å²) >= 11 is 0. The number of hydrazone groups is 1. The van der Waals surface area contributed by atoms with E-state index in [1.807, 2.05) is 0 Å². The molecule has 2 fully saturated rings. The van der Waals surface area contributed by atoms with Crippen LogP contribution in [-0.2, 0) is 0 Å². The Morgan fingerprint density at radius 1 is 1.50 bits per heavy atom. The molecule has 0 bridgehead atoms. The Kier molecular flexibility index (Phi) is 2.05. The molecule has 0 radical (unpaired) electrons. The van der Waals surface area contributed by atoms with Crippen LogP contribution in [0, 0.1) is 0 Å². The van der Waals surface area contributed by atoms with Crippen molar-refractivity contribution in [2.24, 2.45) is 5.10 Å². The first-order chi connectivity index (χ1) is 5.75. The van der Waals surface area contributed by atoms with Crippen molar-refractivity contribution in [3.05, 3.63) is 0 Å². The second-order valence-electron chi connectivity index (χ2n) is 4.05. The van der Waals surface area contributed by atoms with Crippen LogP contribution in [-0.4, -0.2) is 36.3 Å². The normalized spacial score (nSPS) is 34.5. The minimum absolute atomic E-state index is 0.671. The maximum absolute atomic E-state index is 4.41. The second kappa shape index (κ2) is 3.05. The zero-order chi connectivity index (χ0) is 8.55. The van der Waals surface area contributed by atoms with Gasteiger partial charge >= 0.3 is 0 Å². The third-order valence-electron chi connectivity index (χ3n) is 2.70. The fourth-order valence-corrected chi connectivity index (χ4v) is 1.48. The van der Waals surface area contributed by atoms with Gasteiger partial charge in [0.1, 0.15) is 0 Å². The quantitative estimate of drug-likeness (QED) is 0.617. The third-order valence-corrected chi connectivity index (χ3v) is 2.70. The lowest BCUT2D eigenvalue weighted by Gasteiger charge is -2.11. The van der Waals surface area contributed by atoms with Crippen LogP contribution in [0.5, 0.6) is 0 Å². The zero-order valence-corrected chi connectivity index (χ0v) is 7.88. The van der Waals surface area contributed by atoms with Gasteiger partial charge in [-0.25, -0.2) is 0 Å². The van der Waals surface area contributed by atoms with Gasteiger partial charge in [-0.1, -0.05) is 0 Å². The number of nitrogens with zero attached hydrogens (tertiary/aromatic N) is 2. The summed E-state index contributed by atoms with van der Waals surface area (Å²) in [6.45, 7) is 3.29. The van der Waals surface area contributed by atoms with Gasteiger partial charge in [0.25, 0.3) is 0 Å². The van der Waals surface area contributed by atoms with E-state index >= 15 is 0 Å². The van der Waals surface area contributed by atoms with E-state index in [4.69, 9.17) is 0 Å². The fraction of sp³-hybridized carbons (Fsp3) is 0.889. The molecule has 1 saturated carbocycles. The number of hydrogen-bond donors (Lipinski definition) is 1. The molecule has 1 aliphatic carbocycles. The highest BCUT2D eigenvalue weighted by Crippen LogP contribution is 2.19. The van der Waals surface area contributed by atoms with Gasteiger partial charge in [0, 0.05) is 25.0 Å². The molecule has 2 aliphatic rings. The van der Waals surface area contributed by atoms with Crippen LogP contribution in [0.3, 0.4) is 0 Å². The summed E-state index contributed by atoms with van der Waals surface area (Å²) in [5, 5.41) is 4.41. The van der Waals surface area contributed by atoms with E-state index in [0.29, 0.717) is 12.1 Å². The van der Waals surface area contributed by atoms with Gasteiger partial charge in [0.2, 0.25) is 0 Å². The molecule has 0 aromatic heterocycles. The molecule has 0 aromatic rings. The number of rotatable bonds is 2. The average molecular weight is 167 g/mol. The van der Waals surface area contributed by atoms with Crippen molar-refractivity contribution in [1.82, 2.24) is 10.3 Å². The van der Waals surface area contributed by atoms with Crippen molar-refractivity contribution in [3.63, 3.8) is 0 Å². The predicted octanol–water partition coefficient (Wildman–Crippen LogP) is 0.818. The smallest absolute Gasteiger partial charge is 0.0533 e. The molecule has 3 nitrogen and oxygen atoms in total. The Hall–Kier alpha value is -0.570. The molecule has 0 aromatic carbocycles. The molecule has 1 heterocycles. The highest BCUT2D eigenvalue weighted by atomic mass is 15.3. The van der Waals surface area contributed by atoms with Crippen LogP contribution < -0.4 is 5.43 Å². The Morgan fingerprint density at radius 2 is 2.25 bits per heavy atom. The zero-order valence-electron chi connectivity index (χ0n) is 7.88. The molecule has 1 atom stereocenters. The highest BCUT2D eigenvalue weighted by molar-refractivity contribution is 5.88. The van der Waals surface area contributed by atoms with E-state index in [1.54, 1.807) is 0 Å². The van der Waals surface area contributed by atoms with Crippen molar-refractivity contribution < 1.29 is 0 Å². The first kappa shape index (κ1) is 8.05. The predicted molar refractivity (Wildman–Crippen MR) is 50.3 cm³/mol. The SMILES string of the molecule is CC1C/C(=N\NC2CC2)CN1C. The van der Waals surface area contributed by atoms with E-state index in [9.17, 15) is 0 Å². The molecule has 0 spiro atoms. The summed E-state index contributed by atoms with van der Waals surface area (Å²) in [6.07, 6.45) is 3.75. The van der Waals surface area contributed by atoms with Crippen LogP contribution >= 0.6 is 0 Å². The van der Waals surface area contributed by atoms with Gasteiger partial charge in [-0.15, -0.1) is 0 Å². The lowest BCUT2D eigenvalue weighted by molar-refractivity contribution is 0.333. The van der Waals surface area contributed by atoms with E-state index < -0.39 is 0 Å². The first-order valence-corrected chi connectivity index (χ1v) is 4.77. The van der Waals surface area contributed by atoms with Crippen LogP contribution in [0.25, 0.3) is 0 Å². The summed E-state index contributed by atoms with van der Waals surface area (Å²) in [7, 11) is 2.16. The average Bonchev–Trinajstić information content (AvgIpc) is 2.78. The fourth-order valence-electron chi connectivity index (χ4n) is 1.48. The van der Waals surface area contributed by atoms with Crippen LogP contribution in [0.1, 0.15) is 26.2 Å². The molecule has 12 heavy (non-hydrogen) atoms. The maximum Gasteiger partial charge on any atom is 0.0533 e. The molecular weight excluding hydrogens is 150 g/mol. The van der Waals surface area contributed by atoms with E-state index in [0.717, 1.165) is 13.0 Å². The van der Waals surface area contributed by atoms with Crippen molar-refractivity contribution in [2.45, 2.75) is 38.3 Å². The van der Waals surface area contributed by atoms with Crippen molar-refractivity contribution >= 4 is 5.71 Å². The van der Waals surface area contributed by atoms with Gasteiger partial charge in [-0.3, -0.25) is 4.90 Å². The number of nitrogens with one attached hydrogen (secondary N) is 1. The topological polar surface area (TPSA) is 27.6 Å². The Balaban J connectivity index is 1.83. The molecule has 1 aliphatic heterocycles. The first-order valence-electron chi connectivity index (χ1n) is 4.77. The Bertz CT molecular complexity index is 184. The monoisotopic (exact) mass is 167 g/mol. The molecule has 1 N–H and O–H groups in total. The molecule has 0 amide bonds.